The summed E-state index contributed by atoms with van der Waals surface area (Å²) in [6.07, 6.45) is 1.23. The van der Waals surface area contributed by atoms with E-state index in [0.29, 0.717) is 12.8 Å². The average molecular weight is 235 g/mol. The van der Waals surface area contributed by atoms with Crippen LogP contribution >= 0.6 is 12.4 Å². The minimum atomic E-state index is -0.841. The third-order valence-corrected chi connectivity index (χ3v) is 2.27. The van der Waals surface area contributed by atoms with Gasteiger partial charge in [0.15, 0.2) is 0 Å². The monoisotopic (exact) mass is 234 g/mol. The van der Waals surface area contributed by atoms with Gasteiger partial charge >= 0.3 is 6.03 Å². The lowest BCUT2D eigenvalue weighted by Gasteiger charge is -2.17. The molecule has 0 atom stereocenters. The highest BCUT2D eigenvalue weighted by atomic mass is 35.5. The van der Waals surface area contributed by atoms with Crippen LogP contribution in [0, 0.1) is 0 Å². The molecule has 8 heteroatoms. The molecule has 0 aromatic heterocycles. The SMILES string of the molecule is Cl.NC1(C(=O)NN2CC(=O)NC2=O)CC1. The van der Waals surface area contributed by atoms with E-state index in [1.807, 2.05) is 5.32 Å². The summed E-state index contributed by atoms with van der Waals surface area (Å²) in [5.74, 6) is -0.848. The Kier molecular flexibility index (Phi) is 2.87. The van der Waals surface area contributed by atoms with Crippen LogP contribution in [0.1, 0.15) is 12.8 Å². The Morgan fingerprint density at radius 2 is 2.07 bits per heavy atom. The van der Waals surface area contributed by atoms with Gasteiger partial charge < -0.3 is 5.73 Å². The van der Waals surface area contributed by atoms with Gasteiger partial charge in [-0.1, -0.05) is 0 Å². The Hall–Kier alpha value is -1.34. The number of halogens is 1. The number of hydrazine groups is 1. The Balaban J connectivity index is 0.00000112. The summed E-state index contributed by atoms with van der Waals surface area (Å²) in [6.45, 7) is -0.152. The van der Waals surface area contributed by atoms with Crippen molar-refractivity contribution in [2.24, 2.45) is 5.73 Å². The molecule has 7 nitrogen and oxygen atoms in total. The Labute approximate surface area is 91.7 Å². The molecule has 84 valence electrons. The number of nitrogens with zero attached hydrogens (tertiary/aromatic N) is 1. The van der Waals surface area contributed by atoms with E-state index in [4.69, 9.17) is 5.73 Å². The molecule has 0 radical (unpaired) electrons. The van der Waals surface area contributed by atoms with Crippen LogP contribution in [0.25, 0.3) is 0 Å². The van der Waals surface area contributed by atoms with Crippen molar-refractivity contribution in [2.75, 3.05) is 6.54 Å². The van der Waals surface area contributed by atoms with Crippen LogP contribution in [-0.2, 0) is 9.59 Å². The van der Waals surface area contributed by atoms with Crippen LogP contribution in [0.4, 0.5) is 4.79 Å². The number of hydrogen-bond acceptors (Lipinski definition) is 4. The van der Waals surface area contributed by atoms with E-state index in [1.54, 1.807) is 0 Å². The predicted octanol–water partition coefficient (Wildman–Crippen LogP) is -1.52. The lowest BCUT2D eigenvalue weighted by Crippen LogP contribution is -2.51. The zero-order valence-electron chi connectivity index (χ0n) is 7.78. The maximum atomic E-state index is 11.4. The van der Waals surface area contributed by atoms with Crippen molar-refractivity contribution in [3.63, 3.8) is 0 Å². The number of hydrogen-bond donors (Lipinski definition) is 3. The standard InChI is InChI=1S/C7H10N4O3.ClH/c8-7(1-2-7)5(13)10-11-3-4(12)9-6(11)14;/h1-3,8H2,(H,10,13)(H,9,12,14);1H. The third kappa shape index (κ3) is 2.18. The van der Waals surface area contributed by atoms with Crippen LogP contribution in [0.2, 0.25) is 0 Å². The maximum Gasteiger partial charge on any atom is 0.343 e. The Bertz CT molecular complexity index is 328. The lowest BCUT2D eigenvalue weighted by molar-refractivity contribution is -0.127. The molecule has 1 heterocycles. The molecule has 2 rings (SSSR count). The highest BCUT2D eigenvalue weighted by Gasteiger charge is 2.47. The fourth-order valence-electron chi connectivity index (χ4n) is 1.13. The number of amides is 4. The molecular formula is C7H11ClN4O3. The van der Waals surface area contributed by atoms with Gasteiger partial charge in [-0.25, -0.2) is 9.80 Å². The number of carbonyl (C=O) groups excluding carboxylic acids is 3. The van der Waals surface area contributed by atoms with Crippen molar-refractivity contribution < 1.29 is 14.4 Å². The molecule has 4 N–H and O–H groups in total. The second-order valence-electron chi connectivity index (χ2n) is 3.54. The first kappa shape index (κ1) is 11.7. The van der Waals surface area contributed by atoms with Gasteiger partial charge in [-0.3, -0.25) is 20.3 Å². The smallest absolute Gasteiger partial charge is 0.317 e. The number of imide groups is 1. The van der Waals surface area contributed by atoms with Gasteiger partial charge in [0.25, 0.3) is 5.91 Å². The second kappa shape index (κ2) is 3.67. The molecule has 15 heavy (non-hydrogen) atoms. The largest absolute Gasteiger partial charge is 0.343 e. The fourth-order valence-corrected chi connectivity index (χ4v) is 1.13. The average Bonchev–Trinajstić information content (AvgIpc) is 2.76. The minimum absolute atomic E-state index is 0. The van der Waals surface area contributed by atoms with Gasteiger partial charge in [-0.05, 0) is 12.8 Å². The van der Waals surface area contributed by atoms with Crippen LogP contribution < -0.4 is 16.5 Å². The Morgan fingerprint density at radius 3 is 2.47 bits per heavy atom. The van der Waals surface area contributed by atoms with Crippen LogP contribution in [0.15, 0.2) is 0 Å². The zero-order chi connectivity index (χ0) is 10.3. The van der Waals surface area contributed by atoms with E-state index in [9.17, 15) is 14.4 Å². The van der Waals surface area contributed by atoms with Crippen molar-refractivity contribution in [3.8, 4) is 0 Å². The summed E-state index contributed by atoms with van der Waals surface area (Å²) in [5.41, 5.74) is 7.05. The van der Waals surface area contributed by atoms with Crippen molar-refractivity contribution in [1.29, 1.82) is 0 Å². The third-order valence-electron chi connectivity index (χ3n) is 2.27. The summed E-state index contributed by atoms with van der Waals surface area (Å²) in [5, 5.41) is 2.96. The first-order chi connectivity index (χ1) is 6.51. The van der Waals surface area contributed by atoms with E-state index in [1.165, 1.54) is 0 Å². The minimum Gasteiger partial charge on any atom is -0.317 e. The molecular weight excluding hydrogens is 224 g/mol. The quantitative estimate of drug-likeness (QED) is 0.505. The summed E-state index contributed by atoms with van der Waals surface area (Å²) < 4.78 is 0. The van der Waals surface area contributed by atoms with Crippen molar-refractivity contribution in [1.82, 2.24) is 15.8 Å². The van der Waals surface area contributed by atoms with Crippen LogP contribution in [0.3, 0.4) is 0 Å². The molecule has 1 aliphatic carbocycles. The fraction of sp³-hybridized carbons (Fsp3) is 0.571. The summed E-state index contributed by atoms with van der Waals surface area (Å²) in [7, 11) is 0. The first-order valence-electron chi connectivity index (χ1n) is 4.23. The molecule has 0 aromatic rings. The van der Waals surface area contributed by atoms with Gasteiger partial charge in [0.1, 0.15) is 6.54 Å². The van der Waals surface area contributed by atoms with Gasteiger partial charge in [-0.15, -0.1) is 12.4 Å². The van der Waals surface area contributed by atoms with E-state index in [-0.39, 0.29) is 19.0 Å². The highest BCUT2D eigenvalue weighted by Crippen LogP contribution is 2.32. The van der Waals surface area contributed by atoms with Crippen LogP contribution in [-0.4, -0.2) is 34.9 Å². The van der Waals surface area contributed by atoms with Gasteiger partial charge in [0, 0.05) is 0 Å². The van der Waals surface area contributed by atoms with Crippen molar-refractivity contribution in [2.45, 2.75) is 18.4 Å². The first-order valence-corrected chi connectivity index (χ1v) is 4.23. The number of urea groups is 1. The highest BCUT2D eigenvalue weighted by molar-refractivity contribution is 6.03. The van der Waals surface area contributed by atoms with Gasteiger partial charge in [0.2, 0.25) is 5.91 Å². The van der Waals surface area contributed by atoms with Gasteiger partial charge in [0.05, 0.1) is 5.54 Å². The molecule has 0 spiro atoms. The van der Waals surface area contributed by atoms with E-state index in [0.717, 1.165) is 5.01 Å². The maximum absolute atomic E-state index is 11.4. The molecule has 0 unspecified atom stereocenters. The molecule has 0 aromatic carbocycles. The summed E-state index contributed by atoms with van der Waals surface area (Å²) in [6, 6.07) is -0.618. The number of carbonyl (C=O) groups is 3. The predicted molar refractivity (Wildman–Crippen MR) is 51.8 cm³/mol. The van der Waals surface area contributed by atoms with Crippen molar-refractivity contribution >= 4 is 30.3 Å². The normalized spacial score (nSPS) is 21.8. The molecule has 2 aliphatic rings. The Morgan fingerprint density at radius 1 is 1.47 bits per heavy atom. The molecule has 1 aliphatic heterocycles. The van der Waals surface area contributed by atoms with E-state index < -0.39 is 23.4 Å². The number of rotatable bonds is 2. The summed E-state index contributed by atoms with van der Waals surface area (Å²) in [4.78, 5) is 33.1. The number of nitrogens with one attached hydrogen (secondary N) is 2. The molecule has 0 bridgehead atoms. The second-order valence-corrected chi connectivity index (χ2v) is 3.54. The molecule has 1 saturated heterocycles. The lowest BCUT2D eigenvalue weighted by atomic mass is 10.3. The zero-order valence-corrected chi connectivity index (χ0v) is 8.60. The van der Waals surface area contributed by atoms with Crippen molar-refractivity contribution in [3.05, 3.63) is 0 Å². The van der Waals surface area contributed by atoms with Crippen LogP contribution in [0.5, 0.6) is 0 Å². The number of nitrogens with two attached hydrogens (primary N) is 1. The molecule has 2 fully saturated rings. The molecule has 4 amide bonds. The molecule has 1 saturated carbocycles. The topological polar surface area (TPSA) is 105 Å². The summed E-state index contributed by atoms with van der Waals surface area (Å²) >= 11 is 0. The van der Waals surface area contributed by atoms with E-state index >= 15 is 0 Å². The van der Waals surface area contributed by atoms with E-state index in [2.05, 4.69) is 5.43 Å². The van der Waals surface area contributed by atoms with Gasteiger partial charge in [-0.2, -0.15) is 0 Å².